The monoisotopic (exact) mass is 315 g/mol. The zero-order chi connectivity index (χ0) is 16.2. The maximum atomic E-state index is 13.5. The van der Waals surface area contributed by atoms with Gasteiger partial charge < -0.3 is 0 Å². The van der Waals surface area contributed by atoms with Gasteiger partial charge >= 0.3 is 5.69 Å². The predicted octanol–water partition coefficient (Wildman–Crippen LogP) is 1.97. The average Bonchev–Trinajstić information content (AvgIpc) is 2.38. The van der Waals surface area contributed by atoms with Gasteiger partial charge in [0, 0.05) is 25.6 Å². The molecule has 1 rings (SSSR count). The summed E-state index contributed by atoms with van der Waals surface area (Å²) in [5.41, 5.74) is -0.816. The lowest BCUT2D eigenvalue weighted by molar-refractivity contribution is -0.387. The van der Waals surface area contributed by atoms with Crippen LogP contribution in [0.25, 0.3) is 0 Å². The molecule has 0 saturated heterocycles. The van der Waals surface area contributed by atoms with Crippen molar-refractivity contribution in [1.82, 2.24) is 4.31 Å². The lowest BCUT2D eigenvalue weighted by Gasteiger charge is -2.20. The third kappa shape index (κ3) is 3.53. The highest BCUT2D eigenvalue weighted by atomic mass is 32.2. The molecule has 21 heavy (non-hydrogen) atoms. The SMILES string of the molecule is CCN(CCC#N)S(=O)(=O)c1cc([N+](=O)[O-])c(F)cc1C. The van der Waals surface area contributed by atoms with Gasteiger partial charge in [-0.1, -0.05) is 6.92 Å². The first kappa shape index (κ1) is 17.0. The molecule has 0 saturated carbocycles. The number of benzene rings is 1. The van der Waals surface area contributed by atoms with Gasteiger partial charge in [-0.25, -0.2) is 8.42 Å². The van der Waals surface area contributed by atoms with Crippen LogP contribution in [0, 0.1) is 34.2 Å². The fourth-order valence-electron chi connectivity index (χ4n) is 1.82. The second kappa shape index (κ2) is 6.60. The highest BCUT2D eigenvalue weighted by Crippen LogP contribution is 2.27. The summed E-state index contributed by atoms with van der Waals surface area (Å²) in [6, 6.07) is 3.37. The van der Waals surface area contributed by atoms with Crippen molar-refractivity contribution in [3.05, 3.63) is 33.6 Å². The van der Waals surface area contributed by atoms with Gasteiger partial charge in [0.05, 0.1) is 15.9 Å². The Labute approximate surface area is 121 Å². The van der Waals surface area contributed by atoms with Crippen LogP contribution in [0.3, 0.4) is 0 Å². The van der Waals surface area contributed by atoms with Crippen LogP contribution in [-0.4, -0.2) is 30.7 Å². The van der Waals surface area contributed by atoms with Crippen molar-refractivity contribution in [3.8, 4) is 6.07 Å². The molecule has 0 bridgehead atoms. The van der Waals surface area contributed by atoms with Crippen molar-refractivity contribution in [2.45, 2.75) is 25.2 Å². The molecule has 0 atom stereocenters. The molecule has 114 valence electrons. The Kier molecular flexibility index (Phi) is 5.34. The van der Waals surface area contributed by atoms with Crippen LogP contribution in [0.15, 0.2) is 17.0 Å². The largest absolute Gasteiger partial charge is 0.306 e. The number of halogens is 1. The van der Waals surface area contributed by atoms with Crippen LogP contribution in [-0.2, 0) is 10.0 Å². The predicted molar refractivity (Wildman–Crippen MR) is 72.5 cm³/mol. The van der Waals surface area contributed by atoms with Gasteiger partial charge in [0.15, 0.2) is 0 Å². The molecule has 0 amide bonds. The summed E-state index contributed by atoms with van der Waals surface area (Å²) in [6.45, 7) is 3.02. The molecule has 0 aromatic heterocycles. The van der Waals surface area contributed by atoms with Crippen molar-refractivity contribution in [2.24, 2.45) is 0 Å². The van der Waals surface area contributed by atoms with Crippen molar-refractivity contribution < 1.29 is 17.7 Å². The summed E-state index contributed by atoms with van der Waals surface area (Å²) in [7, 11) is -4.02. The lowest BCUT2D eigenvalue weighted by Crippen LogP contribution is -2.32. The number of aryl methyl sites for hydroxylation is 1. The van der Waals surface area contributed by atoms with Crippen LogP contribution < -0.4 is 0 Å². The van der Waals surface area contributed by atoms with Crippen molar-refractivity contribution in [1.29, 1.82) is 5.26 Å². The van der Waals surface area contributed by atoms with Crippen molar-refractivity contribution in [2.75, 3.05) is 13.1 Å². The summed E-state index contributed by atoms with van der Waals surface area (Å²) in [6.07, 6.45) is -0.00456. The zero-order valence-electron chi connectivity index (χ0n) is 11.5. The topological polar surface area (TPSA) is 104 Å². The molecule has 7 nitrogen and oxygen atoms in total. The van der Waals surface area contributed by atoms with E-state index in [9.17, 15) is 22.9 Å². The van der Waals surface area contributed by atoms with Crippen LogP contribution in [0.1, 0.15) is 18.9 Å². The number of hydrogen-bond donors (Lipinski definition) is 0. The van der Waals surface area contributed by atoms with Crippen molar-refractivity contribution >= 4 is 15.7 Å². The molecule has 0 unspecified atom stereocenters. The normalized spacial score (nSPS) is 11.4. The molecule has 9 heteroatoms. The Morgan fingerprint density at radius 2 is 2.10 bits per heavy atom. The first-order chi connectivity index (χ1) is 9.75. The van der Waals surface area contributed by atoms with E-state index < -0.39 is 26.5 Å². The number of nitrogens with zero attached hydrogens (tertiary/aromatic N) is 3. The fraction of sp³-hybridized carbons (Fsp3) is 0.417. The Bertz CT molecular complexity index is 697. The minimum Gasteiger partial charge on any atom is -0.258 e. The van der Waals surface area contributed by atoms with E-state index in [0.717, 1.165) is 16.4 Å². The fourth-order valence-corrected chi connectivity index (χ4v) is 3.50. The number of hydrogen-bond acceptors (Lipinski definition) is 5. The molecular formula is C12H14FN3O4S. The van der Waals surface area contributed by atoms with E-state index >= 15 is 0 Å². The molecule has 0 aliphatic heterocycles. The van der Waals surface area contributed by atoms with E-state index in [4.69, 9.17) is 5.26 Å². The van der Waals surface area contributed by atoms with E-state index in [-0.39, 0.29) is 30.0 Å². The standard InChI is InChI=1S/C12H14FN3O4S/c1-3-15(6-4-5-14)21(19,20)12-8-11(16(17)18)10(13)7-9(12)2/h7-8H,3-4,6H2,1-2H3. The first-order valence-corrected chi connectivity index (χ1v) is 7.51. The number of nitriles is 1. The number of sulfonamides is 1. The average molecular weight is 315 g/mol. The van der Waals surface area contributed by atoms with E-state index in [1.165, 1.54) is 6.92 Å². The van der Waals surface area contributed by atoms with Gasteiger partial charge in [-0.15, -0.1) is 0 Å². The van der Waals surface area contributed by atoms with Gasteiger partial charge in [0.1, 0.15) is 0 Å². The maximum Gasteiger partial charge on any atom is 0.306 e. The quantitative estimate of drug-likeness (QED) is 0.589. The van der Waals surface area contributed by atoms with Crippen LogP contribution in [0.2, 0.25) is 0 Å². The molecule has 0 radical (unpaired) electrons. The number of rotatable bonds is 6. The van der Waals surface area contributed by atoms with Gasteiger partial charge in [0.2, 0.25) is 15.8 Å². The van der Waals surface area contributed by atoms with E-state index in [1.807, 2.05) is 6.07 Å². The number of nitro groups is 1. The van der Waals surface area contributed by atoms with Crippen LogP contribution >= 0.6 is 0 Å². The molecular weight excluding hydrogens is 301 g/mol. The Hall–Kier alpha value is -2.05. The second-order valence-electron chi connectivity index (χ2n) is 4.23. The number of nitro benzene ring substituents is 1. The Balaban J connectivity index is 3.40. The third-order valence-electron chi connectivity index (χ3n) is 2.88. The van der Waals surface area contributed by atoms with Crippen molar-refractivity contribution in [3.63, 3.8) is 0 Å². The summed E-state index contributed by atoms with van der Waals surface area (Å²) < 4.78 is 39.4. The highest BCUT2D eigenvalue weighted by molar-refractivity contribution is 7.89. The minimum absolute atomic E-state index is 0.00456. The molecule has 0 aliphatic rings. The molecule has 1 aromatic rings. The Morgan fingerprint density at radius 1 is 1.48 bits per heavy atom. The minimum atomic E-state index is -4.02. The third-order valence-corrected chi connectivity index (χ3v) is 5.00. The summed E-state index contributed by atoms with van der Waals surface area (Å²) in [5, 5.41) is 19.3. The zero-order valence-corrected chi connectivity index (χ0v) is 12.4. The van der Waals surface area contributed by atoms with E-state index in [1.54, 1.807) is 6.92 Å². The molecule has 0 heterocycles. The van der Waals surface area contributed by atoms with E-state index in [0.29, 0.717) is 0 Å². The maximum absolute atomic E-state index is 13.5. The summed E-state index contributed by atoms with van der Waals surface area (Å²) in [4.78, 5) is 9.44. The van der Waals surface area contributed by atoms with Gasteiger partial charge in [0.25, 0.3) is 0 Å². The van der Waals surface area contributed by atoms with Crippen LogP contribution in [0.4, 0.5) is 10.1 Å². The summed E-state index contributed by atoms with van der Waals surface area (Å²) >= 11 is 0. The van der Waals surface area contributed by atoms with Gasteiger partial charge in [-0.05, 0) is 18.6 Å². The molecule has 0 N–H and O–H groups in total. The lowest BCUT2D eigenvalue weighted by atomic mass is 10.2. The smallest absolute Gasteiger partial charge is 0.258 e. The van der Waals surface area contributed by atoms with E-state index in [2.05, 4.69) is 0 Å². The highest BCUT2D eigenvalue weighted by Gasteiger charge is 2.28. The molecule has 0 aliphatic carbocycles. The van der Waals surface area contributed by atoms with Gasteiger partial charge in [-0.3, -0.25) is 10.1 Å². The molecule has 1 aromatic carbocycles. The summed E-state index contributed by atoms with van der Waals surface area (Å²) in [5.74, 6) is -1.09. The molecule has 0 spiro atoms. The molecule has 0 fully saturated rings. The van der Waals surface area contributed by atoms with Gasteiger partial charge in [-0.2, -0.15) is 14.0 Å². The Morgan fingerprint density at radius 3 is 2.57 bits per heavy atom. The first-order valence-electron chi connectivity index (χ1n) is 6.07. The van der Waals surface area contributed by atoms with Crippen LogP contribution in [0.5, 0.6) is 0 Å². The second-order valence-corrected chi connectivity index (χ2v) is 6.14.